The Kier molecular flexibility index (Phi) is 6.57. The molecule has 1 aromatic carbocycles. The number of rotatable bonds is 7. The Bertz CT molecular complexity index is 1370. The van der Waals surface area contributed by atoms with Gasteiger partial charge in [0, 0.05) is 25.3 Å². The van der Waals surface area contributed by atoms with Crippen molar-refractivity contribution in [3.63, 3.8) is 0 Å². The molecule has 3 aromatic heterocycles. The van der Waals surface area contributed by atoms with Crippen LogP contribution < -0.4 is 15.4 Å². The van der Waals surface area contributed by atoms with Crippen LogP contribution in [0.5, 0.6) is 5.75 Å². The number of nitrogens with one attached hydrogen (secondary N) is 2. The third-order valence-corrected chi connectivity index (χ3v) is 5.54. The van der Waals surface area contributed by atoms with E-state index in [1.807, 2.05) is 6.92 Å². The number of carbonyl (C=O) groups excluding carboxylic acids is 2. The van der Waals surface area contributed by atoms with Crippen LogP contribution in [0.15, 0.2) is 42.9 Å². The van der Waals surface area contributed by atoms with Crippen molar-refractivity contribution < 1.29 is 14.3 Å². The highest BCUT2D eigenvalue weighted by atomic mass is 35.5. The highest BCUT2D eigenvalue weighted by molar-refractivity contribution is 6.35. The van der Waals surface area contributed by atoms with E-state index in [1.54, 1.807) is 49.4 Å². The second-order valence-electron chi connectivity index (χ2n) is 7.29. The van der Waals surface area contributed by atoms with Crippen LogP contribution >= 0.6 is 23.2 Å². The highest BCUT2D eigenvalue weighted by Gasteiger charge is 2.21. The van der Waals surface area contributed by atoms with Gasteiger partial charge < -0.3 is 15.4 Å². The predicted octanol–water partition coefficient (Wildman–Crippen LogP) is 3.51. The number of nitrogens with zero attached hydrogens (tertiary/aromatic N) is 6. The van der Waals surface area contributed by atoms with E-state index in [0.717, 1.165) is 5.69 Å². The van der Waals surface area contributed by atoms with Crippen LogP contribution in [0, 0.1) is 6.92 Å². The minimum atomic E-state index is -0.511. The van der Waals surface area contributed by atoms with E-state index in [0.29, 0.717) is 21.5 Å². The van der Waals surface area contributed by atoms with Crippen LogP contribution in [0.25, 0.3) is 0 Å². The molecule has 2 amide bonds. The molecule has 0 aliphatic carbocycles. The van der Waals surface area contributed by atoms with Gasteiger partial charge in [-0.2, -0.15) is 15.3 Å². The summed E-state index contributed by atoms with van der Waals surface area (Å²) in [4.78, 5) is 25.6. The Morgan fingerprint density at radius 2 is 1.71 bits per heavy atom. The van der Waals surface area contributed by atoms with Crippen LogP contribution in [0.2, 0.25) is 10.0 Å². The summed E-state index contributed by atoms with van der Waals surface area (Å²) in [5.74, 6) is -0.518. The van der Waals surface area contributed by atoms with Gasteiger partial charge in [0.2, 0.25) is 0 Å². The molecule has 11 nitrogen and oxygen atoms in total. The summed E-state index contributed by atoms with van der Waals surface area (Å²) in [7, 11) is 3.38. The Hall–Kier alpha value is -3.83. The SMILES string of the molecule is Cc1c(NC(=O)c2c(NC(=O)c3ccn(COc4ccc(Cl)cc4Cl)n3)cnn2C)cnn1C. The van der Waals surface area contributed by atoms with Gasteiger partial charge in [-0.05, 0) is 31.2 Å². The average Bonchev–Trinajstić information content (AvgIpc) is 3.49. The third-order valence-electron chi connectivity index (χ3n) is 5.01. The molecule has 0 aliphatic rings. The molecule has 0 bridgehead atoms. The van der Waals surface area contributed by atoms with Crippen LogP contribution in [-0.4, -0.2) is 41.2 Å². The van der Waals surface area contributed by atoms with Gasteiger partial charge in [0.1, 0.15) is 11.4 Å². The molecule has 0 saturated carbocycles. The van der Waals surface area contributed by atoms with E-state index in [4.69, 9.17) is 27.9 Å². The lowest BCUT2D eigenvalue weighted by atomic mass is 10.3. The Labute approximate surface area is 204 Å². The van der Waals surface area contributed by atoms with Crippen molar-refractivity contribution in [1.29, 1.82) is 0 Å². The number of benzene rings is 1. The fraction of sp³-hybridized carbons (Fsp3) is 0.190. The molecule has 0 fully saturated rings. The van der Waals surface area contributed by atoms with Gasteiger partial charge in [0.25, 0.3) is 11.8 Å². The molecule has 13 heteroatoms. The van der Waals surface area contributed by atoms with Gasteiger partial charge in [-0.3, -0.25) is 19.0 Å². The first-order valence-electron chi connectivity index (χ1n) is 9.97. The standard InChI is InChI=1S/C21H20Cl2N8O3/c1-12-16(9-24-29(12)2)26-21(33)19-17(10-25-30(19)3)27-20(32)15-6-7-31(28-15)11-34-18-5-4-13(22)8-14(18)23/h4-10H,11H2,1-3H3,(H,26,33)(H,27,32). The van der Waals surface area contributed by atoms with Crippen LogP contribution in [0.3, 0.4) is 0 Å². The first-order chi connectivity index (χ1) is 16.2. The van der Waals surface area contributed by atoms with E-state index in [-0.39, 0.29) is 23.8 Å². The lowest BCUT2D eigenvalue weighted by Crippen LogP contribution is -2.21. The van der Waals surface area contributed by atoms with Gasteiger partial charge in [0.05, 0.1) is 34.5 Å². The van der Waals surface area contributed by atoms with Crippen molar-refractivity contribution >= 4 is 46.4 Å². The second-order valence-corrected chi connectivity index (χ2v) is 8.14. The first kappa shape index (κ1) is 23.3. The molecule has 3 heterocycles. The largest absolute Gasteiger partial charge is 0.470 e. The molecule has 0 radical (unpaired) electrons. The molecule has 4 aromatic rings. The Morgan fingerprint density at radius 3 is 2.41 bits per heavy atom. The molecule has 4 rings (SSSR count). The molecule has 0 unspecified atom stereocenters. The van der Waals surface area contributed by atoms with Crippen molar-refractivity contribution in [3.05, 3.63) is 70.0 Å². The fourth-order valence-electron chi connectivity index (χ4n) is 3.07. The molecular weight excluding hydrogens is 483 g/mol. The first-order valence-corrected chi connectivity index (χ1v) is 10.7. The number of hydrogen-bond acceptors (Lipinski definition) is 6. The maximum atomic E-state index is 12.9. The maximum absolute atomic E-state index is 12.9. The fourth-order valence-corrected chi connectivity index (χ4v) is 3.53. The minimum Gasteiger partial charge on any atom is -0.470 e. The third kappa shape index (κ3) is 4.90. The zero-order valence-electron chi connectivity index (χ0n) is 18.4. The average molecular weight is 503 g/mol. The molecular formula is C21H20Cl2N8O3. The molecule has 34 heavy (non-hydrogen) atoms. The minimum absolute atomic E-state index is 0.0274. The number of carbonyl (C=O) groups is 2. The van der Waals surface area contributed by atoms with Gasteiger partial charge >= 0.3 is 0 Å². The Morgan fingerprint density at radius 1 is 1.00 bits per heavy atom. The molecule has 2 N–H and O–H groups in total. The summed E-state index contributed by atoms with van der Waals surface area (Å²) in [5, 5.41) is 18.7. The molecule has 0 aliphatic heterocycles. The topological polar surface area (TPSA) is 121 Å². The lowest BCUT2D eigenvalue weighted by molar-refractivity contribution is 0.101. The summed E-state index contributed by atoms with van der Waals surface area (Å²) >= 11 is 12.0. The van der Waals surface area contributed by atoms with E-state index >= 15 is 0 Å². The summed E-state index contributed by atoms with van der Waals surface area (Å²) in [6.45, 7) is 1.86. The van der Waals surface area contributed by atoms with Crippen LogP contribution in [0.1, 0.15) is 26.7 Å². The number of hydrogen-bond donors (Lipinski definition) is 2. The molecule has 0 atom stereocenters. The number of ether oxygens (including phenoxy) is 1. The molecule has 0 saturated heterocycles. The lowest BCUT2D eigenvalue weighted by Gasteiger charge is -2.09. The van der Waals surface area contributed by atoms with Gasteiger partial charge in [0.15, 0.2) is 12.4 Å². The van der Waals surface area contributed by atoms with E-state index in [9.17, 15) is 9.59 Å². The van der Waals surface area contributed by atoms with E-state index in [1.165, 1.54) is 21.6 Å². The molecule has 0 spiro atoms. The normalized spacial score (nSPS) is 10.9. The highest BCUT2D eigenvalue weighted by Crippen LogP contribution is 2.27. The monoisotopic (exact) mass is 502 g/mol. The second kappa shape index (κ2) is 9.57. The van der Waals surface area contributed by atoms with Crippen molar-refractivity contribution in [1.82, 2.24) is 29.3 Å². The number of aromatic nitrogens is 6. The van der Waals surface area contributed by atoms with Crippen LogP contribution in [-0.2, 0) is 20.8 Å². The summed E-state index contributed by atoms with van der Waals surface area (Å²) in [5.41, 5.74) is 1.89. The summed E-state index contributed by atoms with van der Waals surface area (Å²) in [6, 6.07) is 6.39. The van der Waals surface area contributed by atoms with E-state index < -0.39 is 11.8 Å². The van der Waals surface area contributed by atoms with E-state index in [2.05, 4.69) is 25.9 Å². The van der Waals surface area contributed by atoms with Crippen molar-refractivity contribution in [3.8, 4) is 5.75 Å². The quantitative estimate of drug-likeness (QED) is 0.398. The molecule has 176 valence electrons. The number of aryl methyl sites for hydroxylation is 2. The van der Waals surface area contributed by atoms with Crippen molar-refractivity contribution in [2.75, 3.05) is 10.6 Å². The predicted molar refractivity (Wildman–Crippen MR) is 126 cm³/mol. The summed E-state index contributed by atoms with van der Waals surface area (Å²) in [6.07, 6.45) is 4.53. The van der Waals surface area contributed by atoms with Crippen LogP contribution in [0.4, 0.5) is 11.4 Å². The van der Waals surface area contributed by atoms with Gasteiger partial charge in [-0.1, -0.05) is 23.2 Å². The number of amides is 2. The van der Waals surface area contributed by atoms with Crippen molar-refractivity contribution in [2.45, 2.75) is 13.7 Å². The zero-order valence-corrected chi connectivity index (χ0v) is 19.9. The van der Waals surface area contributed by atoms with Crippen molar-refractivity contribution in [2.24, 2.45) is 14.1 Å². The Balaban J connectivity index is 1.43. The van der Waals surface area contributed by atoms with Gasteiger partial charge in [-0.15, -0.1) is 0 Å². The summed E-state index contributed by atoms with van der Waals surface area (Å²) < 4.78 is 10.1. The maximum Gasteiger partial charge on any atom is 0.276 e. The number of halogens is 2. The zero-order chi connectivity index (χ0) is 24.4. The van der Waals surface area contributed by atoms with Gasteiger partial charge in [-0.25, -0.2) is 4.68 Å². The number of anilines is 2. The smallest absolute Gasteiger partial charge is 0.276 e.